The number of aromatic nitrogens is 1. The molecule has 0 saturated heterocycles. The summed E-state index contributed by atoms with van der Waals surface area (Å²) in [6, 6.07) is 15.6. The first-order valence-electron chi connectivity index (χ1n) is 7.70. The van der Waals surface area contributed by atoms with Crippen molar-refractivity contribution in [2.75, 3.05) is 6.26 Å². The highest BCUT2D eigenvalue weighted by Crippen LogP contribution is 2.25. The Balaban J connectivity index is 1.73. The van der Waals surface area contributed by atoms with E-state index in [-0.39, 0.29) is 17.8 Å². The van der Waals surface area contributed by atoms with Crippen molar-refractivity contribution in [1.82, 2.24) is 10.5 Å². The van der Waals surface area contributed by atoms with E-state index in [2.05, 4.69) is 10.5 Å². The highest BCUT2D eigenvalue weighted by atomic mass is 32.2. The van der Waals surface area contributed by atoms with Crippen LogP contribution in [-0.2, 0) is 6.54 Å². The number of nitrogens with zero attached hydrogens (tertiary/aromatic N) is 2. The first-order valence-corrected chi connectivity index (χ1v) is 8.92. The van der Waals surface area contributed by atoms with Crippen LogP contribution >= 0.6 is 11.8 Å². The molecule has 1 heterocycles. The lowest BCUT2D eigenvalue weighted by Gasteiger charge is -2.05. The van der Waals surface area contributed by atoms with Crippen LogP contribution in [-0.4, -0.2) is 22.2 Å². The fourth-order valence-electron chi connectivity index (χ4n) is 2.38. The third-order valence-corrected chi connectivity index (χ3v) is 4.42. The number of nitrogens with one attached hydrogen (secondary N) is 1. The topological polar surface area (TPSA) is 98.3 Å². The van der Waals surface area contributed by atoms with Crippen LogP contribution in [0.1, 0.15) is 16.1 Å². The predicted molar refractivity (Wildman–Crippen MR) is 98.0 cm³/mol. The molecule has 0 spiro atoms. The van der Waals surface area contributed by atoms with Crippen molar-refractivity contribution in [3.8, 4) is 11.3 Å². The molecule has 0 atom stereocenters. The average Bonchev–Trinajstić information content (AvgIpc) is 3.15. The molecule has 3 aromatic rings. The first kappa shape index (κ1) is 17.7. The molecule has 0 aliphatic carbocycles. The lowest BCUT2D eigenvalue weighted by molar-refractivity contribution is -0.385. The lowest BCUT2D eigenvalue weighted by Crippen LogP contribution is -2.23. The van der Waals surface area contributed by atoms with Crippen molar-refractivity contribution < 1.29 is 14.2 Å². The number of nitro benzene ring substituents is 1. The van der Waals surface area contributed by atoms with Crippen LogP contribution in [0.4, 0.5) is 5.69 Å². The maximum absolute atomic E-state index is 12.4. The molecule has 0 aliphatic rings. The molecule has 2 aromatic carbocycles. The van der Waals surface area contributed by atoms with Crippen molar-refractivity contribution in [2.45, 2.75) is 11.4 Å². The molecule has 132 valence electrons. The summed E-state index contributed by atoms with van der Waals surface area (Å²) in [4.78, 5) is 23.8. The first-order chi connectivity index (χ1) is 12.6. The van der Waals surface area contributed by atoms with Gasteiger partial charge in [-0.3, -0.25) is 14.9 Å². The number of carbonyl (C=O) groups is 1. The van der Waals surface area contributed by atoms with Crippen molar-refractivity contribution in [2.24, 2.45) is 0 Å². The molecule has 1 aromatic heterocycles. The lowest BCUT2D eigenvalue weighted by atomic mass is 10.1. The average molecular weight is 369 g/mol. The maximum Gasteiger partial charge on any atom is 0.282 e. The molecular weight excluding hydrogens is 354 g/mol. The fraction of sp³-hybridized carbons (Fsp3) is 0.111. The van der Waals surface area contributed by atoms with Gasteiger partial charge in [0.1, 0.15) is 11.3 Å². The Morgan fingerprint density at radius 3 is 2.69 bits per heavy atom. The minimum Gasteiger partial charge on any atom is -0.356 e. The molecule has 26 heavy (non-hydrogen) atoms. The molecule has 0 bridgehead atoms. The van der Waals surface area contributed by atoms with Gasteiger partial charge in [0.2, 0.25) is 0 Å². The van der Waals surface area contributed by atoms with Gasteiger partial charge in [-0.25, -0.2) is 0 Å². The van der Waals surface area contributed by atoms with Crippen LogP contribution in [0.5, 0.6) is 0 Å². The van der Waals surface area contributed by atoms with E-state index >= 15 is 0 Å². The molecule has 1 N–H and O–H groups in total. The van der Waals surface area contributed by atoms with Crippen LogP contribution in [0.2, 0.25) is 0 Å². The highest BCUT2D eigenvalue weighted by molar-refractivity contribution is 7.98. The van der Waals surface area contributed by atoms with Gasteiger partial charge >= 0.3 is 0 Å². The monoisotopic (exact) mass is 369 g/mol. The van der Waals surface area contributed by atoms with Crippen molar-refractivity contribution in [1.29, 1.82) is 0 Å². The summed E-state index contributed by atoms with van der Waals surface area (Å²) in [5.74, 6) is 0.0575. The number of carbonyl (C=O) groups excluding carboxylic acids is 1. The second-order valence-corrected chi connectivity index (χ2v) is 6.25. The standard InChI is InChI=1S/C18H15N3O4S/c1-26-14-7-8-16(21(23)24)15(10-14)18(22)19-11-13-9-17(25-20-13)12-5-3-2-4-6-12/h2-10H,11H2,1H3,(H,19,22). The minimum absolute atomic E-state index is 0.0219. The molecule has 7 nitrogen and oxygen atoms in total. The predicted octanol–water partition coefficient (Wildman–Crippen LogP) is 3.90. The summed E-state index contributed by atoms with van der Waals surface area (Å²) in [7, 11) is 0. The number of hydrogen-bond acceptors (Lipinski definition) is 6. The van der Waals surface area contributed by atoms with Gasteiger partial charge in [-0.1, -0.05) is 35.5 Å². The van der Waals surface area contributed by atoms with E-state index in [9.17, 15) is 14.9 Å². The van der Waals surface area contributed by atoms with Crippen molar-refractivity contribution in [3.05, 3.63) is 76.0 Å². The summed E-state index contributed by atoms with van der Waals surface area (Å²) in [5.41, 5.74) is 1.20. The molecule has 3 rings (SSSR count). The quantitative estimate of drug-likeness (QED) is 0.402. The molecular formula is C18H15N3O4S. The Labute approximate surface area is 153 Å². The zero-order chi connectivity index (χ0) is 18.5. The zero-order valence-corrected chi connectivity index (χ0v) is 14.7. The van der Waals surface area contributed by atoms with E-state index < -0.39 is 10.8 Å². The number of rotatable bonds is 6. The SMILES string of the molecule is CSc1ccc([N+](=O)[O-])c(C(=O)NCc2cc(-c3ccccc3)on2)c1. The van der Waals surface area contributed by atoms with E-state index in [1.807, 2.05) is 36.6 Å². The Bertz CT molecular complexity index is 941. The van der Waals surface area contributed by atoms with Crippen LogP contribution in [0.3, 0.4) is 0 Å². The van der Waals surface area contributed by atoms with E-state index in [0.29, 0.717) is 11.5 Å². The molecule has 8 heteroatoms. The molecule has 0 unspecified atom stereocenters. The summed E-state index contributed by atoms with van der Waals surface area (Å²) in [5, 5.41) is 17.7. The maximum atomic E-state index is 12.4. The zero-order valence-electron chi connectivity index (χ0n) is 13.8. The smallest absolute Gasteiger partial charge is 0.282 e. The van der Waals surface area contributed by atoms with E-state index in [0.717, 1.165) is 10.5 Å². The Kier molecular flexibility index (Phi) is 5.33. The molecule has 0 aliphatic heterocycles. The van der Waals surface area contributed by atoms with Gasteiger partial charge in [0.15, 0.2) is 5.76 Å². The third kappa shape index (κ3) is 3.92. The van der Waals surface area contributed by atoms with Gasteiger partial charge in [-0.15, -0.1) is 11.8 Å². The second-order valence-electron chi connectivity index (χ2n) is 5.37. The molecule has 0 fully saturated rings. The van der Waals surface area contributed by atoms with Crippen LogP contribution in [0, 0.1) is 10.1 Å². The number of hydrogen-bond donors (Lipinski definition) is 1. The molecule has 0 radical (unpaired) electrons. The largest absolute Gasteiger partial charge is 0.356 e. The Hall–Kier alpha value is -3.13. The fourth-order valence-corrected chi connectivity index (χ4v) is 2.82. The van der Waals surface area contributed by atoms with Gasteiger partial charge in [0.05, 0.1) is 11.5 Å². The van der Waals surface area contributed by atoms with Gasteiger partial charge in [0, 0.05) is 22.6 Å². The normalized spacial score (nSPS) is 10.5. The summed E-state index contributed by atoms with van der Waals surface area (Å²) in [6.45, 7) is 0.107. The molecule has 1 amide bonds. The van der Waals surface area contributed by atoms with Crippen molar-refractivity contribution in [3.63, 3.8) is 0 Å². The second kappa shape index (κ2) is 7.83. The number of amides is 1. The van der Waals surface area contributed by atoms with Gasteiger partial charge in [-0.2, -0.15) is 0 Å². The number of benzene rings is 2. The Morgan fingerprint density at radius 2 is 2.00 bits per heavy atom. The van der Waals surface area contributed by atoms with Gasteiger partial charge in [0.25, 0.3) is 11.6 Å². The van der Waals surface area contributed by atoms with Crippen molar-refractivity contribution >= 4 is 23.4 Å². The Morgan fingerprint density at radius 1 is 1.23 bits per heavy atom. The number of thioether (sulfide) groups is 1. The van der Waals surface area contributed by atoms with Crippen LogP contribution in [0.15, 0.2) is 64.0 Å². The van der Waals surface area contributed by atoms with Crippen LogP contribution < -0.4 is 5.32 Å². The van der Waals surface area contributed by atoms with E-state index in [1.54, 1.807) is 12.1 Å². The van der Waals surface area contributed by atoms with E-state index in [4.69, 9.17) is 4.52 Å². The third-order valence-electron chi connectivity index (χ3n) is 3.69. The number of nitro groups is 1. The summed E-state index contributed by atoms with van der Waals surface area (Å²) < 4.78 is 5.27. The van der Waals surface area contributed by atoms with Gasteiger partial charge < -0.3 is 9.84 Å². The molecule has 0 saturated carbocycles. The van der Waals surface area contributed by atoms with E-state index in [1.165, 1.54) is 23.9 Å². The minimum atomic E-state index is -0.567. The summed E-state index contributed by atoms with van der Waals surface area (Å²) >= 11 is 1.41. The highest BCUT2D eigenvalue weighted by Gasteiger charge is 2.21. The summed E-state index contributed by atoms with van der Waals surface area (Å²) in [6.07, 6.45) is 1.84. The van der Waals surface area contributed by atoms with Crippen LogP contribution in [0.25, 0.3) is 11.3 Å². The van der Waals surface area contributed by atoms with Gasteiger partial charge in [-0.05, 0) is 18.4 Å².